The van der Waals surface area contributed by atoms with Crippen molar-refractivity contribution in [1.29, 1.82) is 0 Å². The van der Waals surface area contributed by atoms with Gasteiger partial charge in [-0.3, -0.25) is 4.79 Å². The molecule has 5 unspecified atom stereocenters. The van der Waals surface area contributed by atoms with Gasteiger partial charge in [0.15, 0.2) is 0 Å². The molecule has 2 nitrogen and oxygen atoms in total. The molecule has 31 heavy (non-hydrogen) atoms. The minimum absolute atomic E-state index is 0.162. The summed E-state index contributed by atoms with van der Waals surface area (Å²) in [7, 11) is 0. The highest BCUT2D eigenvalue weighted by atomic mass is 16.1. The minimum atomic E-state index is 0.162. The van der Waals surface area contributed by atoms with Gasteiger partial charge in [0.05, 0.1) is 0 Å². The second kappa shape index (κ2) is 9.02. The molecule has 1 amide bonds. The first-order chi connectivity index (χ1) is 14.6. The van der Waals surface area contributed by atoms with Gasteiger partial charge in [0.1, 0.15) is 0 Å². The molecule has 0 radical (unpaired) electrons. The fraction of sp³-hybridized carbons (Fsp3) is 0.966. The maximum Gasteiger partial charge on any atom is 0.217 e. The van der Waals surface area contributed by atoms with Gasteiger partial charge in [-0.25, -0.2) is 0 Å². The molecule has 4 rings (SSSR count). The number of hydrogen-bond acceptors (Lipinski definition) is 1. The molecule has 0 saturated heterocycles. The molecular weight excluding hydrogens is 378 g/mol. The Labute approximate surface area is 193 Å². The van der Waals surface area contributed by atoms with Crippen molar-refractivity contribution >= 4 is 5.91 Å². The van der Waals surface area contributed by atoms with Crippen LogP contribution >= 0.6 is 0 Å². The summed E-state index contributed by atoms with van der Waals surface area (Å²) >= 11 is 0. The number of fused-ring (bicyclic) bond motifs is 5. The maximum absolute atomic E-state index is 11.6. The summed E-state index contributed by atoms with van der Waals surface area (Å²) in [4.78, 5) is 11.6. The molecule has 0 aromatic rings. The van der Waals surface area contributed by atoms with Crippen molar-refractivity contribution in [3.8, 4) is 0 Å². The zero-order valence-corrected chi connectivity index (χ0v) is 21.5. The number of hydrogen-bond donors (Lipinski definition) is 1. The van der Waals surface area contributed by atoms with E-state index in [0.29, 0.717) is 16.9 Å². The van der Waals surface area contributed by atoms with Crippen molar-refractivity contribution in [1.82, 2.24) is 5.32 Å². The van der Waals surface area contributed by atoms with Gasteiger partial charge in [0.25, 0.3) is 0 Å². The smallest absolute Gasteiger partial charge is 0.217 e. The van der Waals surface area contributed by atoms with Gasteiger partial charge in [-0.1, -0.05) is 53.9 Å². The Bertz CT molecular complexity index is 643. The first-order valence-corrected chi connectivity index (χ1v) is 13.9. The van der Waals surface area contributed by atoms with Crippen molar-refractivity contribution in [2.24, 2.45) is 52.3 Å². The third kappa shape index (κ3) is 4.35. The summed E-state index contributed by atoms with van der Waals surface area (Å²) in [5.74, 6) is 6.62. The summed E-state index contributed by atoms with van der Waals surface area (Å²) in [6.07, 6.45) is 16.9. The molecule has 0 aliphatic heterocycles. The molecule has 0 heterocycles. The van der Waals surface area contributed by atoms with Gasteiger partial charge >= 0.3 is 0 Å². The van der Waals surface area contributed by atoms with E-state index in [4.69, 9.17) is 0 Å². The van der Waals surface area contributed by atoms with Crippen LogP contribution in [0.4, 0.5) is 0 Å². The topological polar surface area (TPSA) is 29.1 Å². The van der Waals surface area contributed by atoms with Crippen LogP contribution in [-0.4, -0.2) is 11.9 Å². The average Bonchev–Trinajstić information content (AvgIpc) is 3.05. The van der Waals surface area contributed by atoms with Crippen LogP contribution in [0.5, 0.6) is 0 Å². The van der Waals surface area contributed by atoms with E-state index >= 15 is 0 Å². The average molecular weight is 430 g/mol. The lowest BCUT2D eigenvalue weighted by atomic mass is 9.44. The van der Waals surface area contributed by atoms with Crippen LogP contribution in [0.25, 0.3) is 0 Å². The molecule has 0 bridgehead atoms. The standard InChI is InChI=1S/C29H51NO/c1-19(2)8-7-9-20(3)25-12-13-26-24-11-10-22-18-23(30-21(4)31)14-16-28(22,5)27(24)15-17-29(25,26)6/h19-20,22-27H,7-18H2,1-6H3,(H,30,31)/t20?,22-,23-,24?,25?,26?,27?,28-,29+/m0/s1. The third-order valence-electron chi connectivity index (χ3n) is 11.3. The van der Waals surface area contributed by atoms with Crippen LogP contribution < -0.4 is 5.32 Å². The lowest BCUT2D eigenvalue weighted by Gasteiger charge is -2.61. The van der Waals surface area contributed by atoms with E-state index in [-0.39, 0.29) is 5.91 Å². The van der Waals surface area contributed by atoms with Gasteiger partial charge in [-0.2, -0.15) is 0 Å². The van der Waals surface area contributed by atoms with Crippen molar-refractivity contribution in [2.75, 3.05) is 0 Å². The molecule has 4 aliphatic rings. The second-order valence-electron chi connectivity index (χ2n) is 13.4. The van der Waals surface area contributed by atoms with Crippen LogP contribution in [0.2, 0.25) is 0 Å². The molecule has 0 spiro atoms. The molecule has 0 aromatic heterocycles. The number of rotatable bonds is 6. The van der Waals surface area contributed by atoms with E-state index in [1.165, 1.54) is 77.0 Å². The third-order valence-corrected chi connectivity index (χ3v) is 11.3. The highest BCUT2D eigenvalue weighted by Crippen LogP contribution is 2.68. The fourth-order valence-corrected chi connectivity index (χ4v) is 9.70. The monoisotopic (exact) mass is 429 g/mol. The zero-order chi connectivity index (χ0) is 22.4. The molecule has 0 aromatic carbocycles. The molecule has 9 atom stereocenters. The van der Waals surface area contributed by atoms with Crippen LogP contribution in [0.1, 0.15) is 119 Å². The summed E-state index contributed by atoms with van der Waals surface area (Å²) in [5.41, 5.74) is 1.13. The van der Waals surface area contributed by atoms with E-state index in [1.807, 2.05) is 0 Å². The molecule has 1 N–H and O–H groups in total. The Morgan fingerprint density at radius 2 is 1.61 bits per heavy atom. The highest BCUT2D eigenvalue weighted by molar-refractivity contribution is 5.73. The van der Waals surface area contributed by atoms with E-state index in [9.17, 15) is 4.79 Å². The quantitative estimate of drug-likeness (QED) is 0.462. The highest BCUT2D eigenvalue weighted by Gasteiger charge is 2.60. The number of carbonyl (C=O) groups is 1. The van der Waals surface area contributed by atoms with Gasteiger partial charge in [0.2, 0.25) is 5.91 Å². The molecule has 4 aliphatic carbocycles. The van der Waals surface area contributed by atoms with Gasteiger partial charge in [0, 0.05) is 13.0 Å². The SMILES string of the molecule is CC(=O)N[C@H]1CC[C@]2(C)C3CC[C@]4(C)C(C(C)CCCC(C)C)CCC4C3CC[C@H]2C1. The summed E-state index contributed by atoms with van der Waals surface area (Å²) in [5, 5.41) is 3.25. The van der Waals surface area contributed by atoms with Crippen molar-refractivity contribution in [3.05, 3.63) is 0 Å². The molecule has 2 heteroatoms. The summed E-state index contributed by atoms with van der Waals surface area (Å²) in [6, 6.07) is 0.434. The van der Waals surface area contributed by atoms with E-state index in [0.717, 1.165) is 41.4 Å². The lowest BCUT2D eigenvalue weighted by molar-refractivity contribution is -0.126. The Balaban J connectivity index is 1.43. The number of carbonyl (C=O) groups excluding carboxylic acids is 1. The minimum Gasteiger partial charge on any atom is -0.354 e. The second-order valence-corrected chi connectivity index (χ2v) is 13.4. The Kier molecular flexibility index (Phi) is 6.87. The normalized spacial score (nSPS) is 45.5. The van der Waals surface area contributed by atoms with Gasteiger partial charge < -0.3 is 5.32 Å². The van der Waals surface area contributed by atoms with E-state index in [1.54, 1.807) is 6.92 Å². The lowest BCUT2D eigenvalue weighted by Crippen LogP contribution is -2.55. The Morgan fingerprint density at radius 3 is 2.32 bits per heavy atom. The largest absolute Gasteiger partial charge is 0.354 e. The Morgan fingerprint density at radius 1 is 0.903 bits per heavy atom. The van der Waals surface area contributed by atoms with Crippen molar-refractivity contribution in [3.63, 3.8) is 0 Å². The fourth-order valence-electron chi connectivity index (χ4n) is 9.70. The number of nitrogens with one attached hydrogen (secondary N) is 1. The zero-order valence-electron chi connectivity index (χ0n) is 21.5. The predicted octanol–water partition coefficient (Wildman–Crippen LogP) is 7.61. The van der Waals surface area contributed by atoms with E-state index < -0.39 is 0 Å². The van der Waals surface area contributed by atoms with Crippen LogP contribution in [0, 0.1) is 52.3 Å². The van der Waals surface area contributed by atoms with E-state index in [2.05, 4.69) is 39.9 Å². The van der Waals surface area contributed by atoms with Crippen molar-refractivity contribution < 1.29 is 4.79 Å². The van der Waals surface area contributed by atoms with Crippen LogP contribution in [0.15, 0.2) is 0 Å². The predicted molar refractivity (Wildman–Crippen MR) is 131 cm³/mol. The summed E-state index contributed by atoms with van der Waals surface area (Å²) in [6.45, 7) is 14.4. The maximum atomic E-state index is 11.6. The molecule has 4 saturated carbocycles. The van der Waals surface area contributed by atoms with Gasteiger partial charge in [-0.05, 0) is 110 Å². The molecule has 178 valence electrons. The van der Waals surface area contributed by atoms with Crippen molar-refractivity contribution in [2.45, 2.75) is 125 Å². The van der Waals surface area contributed by atoms with Crippen LogP contribution in [-0.2, 0) is 4.79 Å². The molecule has 4 fully saturated rings. The first kappa shape index (κ1) is 23.6. The summed E-state index contributed by atoms with van der Waals surface area (Å²) < 4.78 is 0. The first-order valence-electron chi connectivity index (χ1n) is 13.9. The van der Waals surface area contributed by atoms with Gasteiger partial charge in [-0.15, -0.1) is 0 Å². The Hall–Kier alpha value is -0.530. The van der Waals surface area contributed by atoms with Crippen LogP contribution in [0.3, 0.4) is 0 Å². The molecular formula is C29H51NO. The number of amides is 1.